The summed E-state index contributed by atoms with van der Waals surface area (Å²) in [5.74, 6) is -2.13. The smallest absolute Gasteiger partial charge is 0.335 e. The summed E-state index contributed by atoms with van der Waals surface area (Å²) in [6.45, 7) is 0. The van der Waals surface area contributed by atoms with E-state index in [1.807, 2.05) is 0 Å². The highest BCUT2D eigenvalue weighted by atomic mass is 16.4. The van der Waals surface area contributed by atoms with Crippen molar-refractivity contribution >= 4 is 11.9 Å². The van der Waals surface area contributed by atoms with Crippen LogP contribution in [0.2, 0.25) is 0 Å². The largest absolute Gasteiger partial charge is 0.478 e. The second kappa shape index (κ2) is 7.48. The van der Waals surface area contributed by atoms with Crippen molar-refractivity contribution < 1.29 is 19.8 Å². The van der Waals surface area contributed by atoms with Gasteiger partial charge in [0.15, 0.2) is 0 Å². The van der Waals surface area contributed by atoms with E-state index in [0.29, 0.717) is 0 Å². The molecular formula is C14H18O4. The first-order valence-electron chi connectivity index (χ1n) is 6.18. The van der Waals surface area contributed by atoms with E-state index < -0.39 is 11.9 Å². The summed E-state index contributed by atoms with van der Waals surface area (Å²) >= 11 is 0. The normalized spacial score (nSPS) is 14.2. The molecule has 98 valence electrons. The molecule has 0 aromatic heterocycles. The maximum atomic E-state index is 10.3. The minimum absolute atomic E-state index is 0.0833. The third-order valence-electron chi connectivity index (χ3n) is 2.88. The number of benzene rings is 1. The molecule has 1 fully saturated rings. The average Bonchev–Trinajstić information content (AvgIpc) is 2.41. The first-order chi connectivity index (χ1) is 8.61. The molecule has 0 saturated heterocycles. The van der Waals surface area contributed by atoms with E-state index in [1.165, 1.54) is 62.8 Å². The van der Waals surface area contributed by atoms with Gasteiger partial charge < -0.3 is 10.2 Å². The van der Waals surface area contributed by atoms with Gasteiger partial charge in [-0.05, 0) is 24.3 Å². The van der Waals surface area contributed by atoms with Crippen molar-refractivity contribution in [3.63, 3.8) is 0 Å². The SMILES string of the molecule is C1CCCCC1.O=C(O)c1ccc(C(=O)O)cc1. The van der Waals surface area contributed by atoms with Crippen molar-refractivity contribution in [3.05, 3.63) is 35.4 Å². The molecule has 0 atom stereocenters. The van der Waals surface area contributed by atoms with Crippen LogP contribution in [0.25, 0.3) is 0 Å². The Hall–Kier alpha value is -1.84. The minimum atomic E-state index is -1.06. The van der Waals surface area contributed by atoms with E-state index in [2.05, 4.69) is 0 Å². The summed E-state index contributed by atoms with van der Waals surface area (Å²) in [7, 11) is 0. The van der Waals surface area contributed by atoms with E-state index in [-0.39, 0.29) is 11.1 Å². The molecule has 0 heterocycles. The van der Waals surface area contributed by atoms with Crippen LogP contribution < -0.4 is 0 Å². The van der Waals surface area contributed by atoms with Crippen molar-refractivity contribution in [2.24, 2.45) is 0 Å². The molecule has 0 radical (unpaired) electrons. The zero-order valence-electron chi connectivity index (χ0n) is 10.3. The molecular weight excluding hydrogens is 232 g/mol. The van der Waals surface area contributed by atoms with Crippen LogP contribution in [0, 0.1) is 0 Å². The number of hydrogen-bond acceptors (Lipinski definition) is 2. The number of rotatable bonds is 2. The Morgan fingerprint density at radius 2 is 0.889 bits per heavy atom. The predicted octanol–water partition coefficient (Wildman–Crippen LogP) is 3.42. The van der Waals surface area contributed by atoms with E-state index in [1.54, 1.807) is 0 Å². The molecule has 1 aromatic carbocycles. The second-order valence-electron chi connectivity index (χ2n) is 4.31. The van der Waals surface area contributed by atoms with Crippen molar-refractivity contribution in [1.82, 2.24) is 0 Å². The maximum absolute atomic E-state index is 10.3. The fraction of sp³-hybridized carbons (Fsp3) is 0.429. The highest BCUT2D eigenvalue weighted by Gasteiger charge is 2.04. The predicted molar refractivity (Wildman–Crippen MR) is 68.1 cm³/mol. The molecule has 0 aliphatic heterocycles. The van der Waals surface area contributed by atoms with Crippen LogP contribution >= 0.6 is 0 Å². The van der Waals surface area contributed by atoms with Crippen LogP contribution in [0.5, 0.6) is 0 Å². The molecule has 1 aromatic rings. The lowest BCUT2D eigenvalue weighted by atomic mass is 10.0. The van der Waals surface area contributed by atoms with Gasteiger partial charge in [0.1, 0.15) is 0 Å². The number of carbonyl (C=O) groups is 2. The molecule has 4 heteroatoms. The Labute approximate surface area is 106 Å². The second-order valence-corrected chi connectivity index (χ2v) is 4.31. The Balaban J connectivity index is 0.000000225. The number of carboxylic acid groups (broad SMARTS) is 2. The van der Waals surface area contributed by atoms with E-state index >= 15 is 0 Å². The lowest BCUT2D eigenvalue weighted by Crippen LogP contribution is -1.99. The molecule has 0 amide bonds. The summed E-state index contributed by atoms with van der Waals surface area (Å²) in [6.07, 6.45) is 9.00. The fourth-order valence-electron chi connectivity index (χ4n) is 1.82. The van der Waals surface area contributed by atoms with Gasteiger partial charge in [-0.2, -0.15) is 0 Å². The molecule has 1 saturated carbocycles. The number of hydrogen-bond donors (Lipinski definition) is 2. The van der Waals surface area contributed by atoms with Gasteiger partial charge in [0, 0.05) is 0 Å². The Bertz CT molecular complexity index is 346. The first kappa shape index (κ1) is 14.2. The van der Waals surface area contributed by atoms with Crippen molar-refractivity contribution in [2.75, 3.05) is 0 Å². The standard InChI is InChI=1S/C8H6O4.C6H12/c9-7(10)5-1-2-6(4-3-5)8(11)12;1-2-4-6-5-3-1/h1-4H,(H,9,10)(H,11,12);1-6H2. The Morgan fingerprint density at radius 1 is 0.667 bits per heavy atom. The number of carboxylic acids is 2. The first-order valence-corrected chi connectivity index (χ1v) is 6.18. The molecule has 1 aliphatic rings. The van der Waals surface area contributed by atoms with Gasteiger partial charge in [-0.3, -0.25) is 0 Å². The summed E-state index contributed by atoms with van der Waals surface area (Å²) < 4.78 is 0. The van der Waals surface area contributed by atoms with Gasteiger partial charge in [-0.1, -0.05) is 38.5 Å². The zero-order valence-corrected chi connectivity index (χ0v) is 10.3. The maximum Gasteiger partial charge on any atom is 0.335 e. The van der Waals surface area contributed by atoms with E-state index in [9.17, 15) is 9.59 Å². The van der Waals surface area contributed by atoms with Crippen molar-refractivity contribution in [2.45, 2.75) is 38.5 Å². The van der Waals surface area contributed by atoms with Gasteiger partial charge in [0.05, 0.1) is 11.1 Å². The topological polar surface area (TPSA) is 74.6 Å². The van der Waals surface area contributed by atoms with Gasteiger partial charge in [-0.15, -0.1) is 0 Å². The summed E-state index contributed by atoms with van der Waals surface area (Å²) in [6, 6.07) is 5.02. The van der Waals surface area contributed by atoms with Gasteiger partial charge in [0.2, 0.25) is 0 Å². The molecule has 0 spiro atoms. The minimum Gasteiger partial charge on any atom is -0.478 e. The molecule has 2 rings (SSSR count). The van der Waals surface area contributed by atoms with Crippen molar-refractivity contribution in [1.29, 1.82) is 0 Å². The summed E-state index contributed by atoms with van der Waals surface area (Å²) in [5, 5.41) is 16.9. The summed E-state index contributed by atoms with van der Waals surface area (Å²) in [5.41, 5.74) is 0.167. The lowest BCUT2D eigenvalue weighted by molar-refractivity contribution is 0.0681. The van der Waals surface area contributed by atoms with Gasteiger partial charge >= 0.3 is 11.9 Å². The Kier molecular flexibility index (Phi) is 5.91. The molecule has 18 heavy (non-hydrogen) atoms. The van der Waals surface area contributed by atoms with Crippen molar-refractivity contribution in [3.8, 4) is 0 Å². The molecule has 2 N–H and O–H groups in total. The van der Waals surface area contributed by atoms with Gasteiger partial charge in [-0.25, -0.2) is 9.59 Å². The Morgan fingerprint density at radius 3 is 1.06 bits per heavy atom. The summed E-state index contributed by atoms with van der Waals surface area (Å²) in [4.78, 5) is 20.7. The van der Waals surface area contributed by atoms with Crippen LogP contribution in [0.15, 0.2) is 24.3 Å². The molecule has 0 unspecified atom stereocenters. The van der Waals surface area contributed by atoms with Crippen LogP contribution in [-0.4, -0.2) is 22.2 Å². The fourth-order valence-corrected chi connectivity index (χ4v) is 1.82. The zero-order chi connectivity index (χ0) is 13.4. The molecule has 1 aliphatic carbocycles. The van der Waals surface area contributed by atoms with E-state index in [0.717, 1.165) is 0 Å². The van der Waals surface area contributed by atoms with Crippen LogP contribution in [0.4, 0.5) is 0 Å². The third-order valence-corrected chi connectivity index (χ3v) is 2.88. The van der Waals surface area contributed by atoms with Crippen LogP contribution in [0.3, 0.4) is 0 Å². The van der Waals surface area contributed by atoms with Crippen LogP contribution in [0.1, 0.15) is 59.2 Å². The highest BCUT2D eigenvalue weighted by Crippen LogP contribution is 2.15. The quantitative estimate of drug-likeness (QED) is 0.843. The highest BCUT2D eigenvalue weighted by molar-refractivity contribution is 5.91. The molecule has 4 nitrogen and oxygen atoms in total. The average molecular weight is 250 g/mol. The van der Waals surface area contributed by atoms with Crippen LogP contribution in [-0.2, 0) is 0 Å². The molecule has 0 bridgehead atoms. The van der Waals surface area contributed by atoms with Gasteiger partial charge in [0.25, 0.3) is 0 Å². The monoisotopic (exact) mass is 250 g/mol. The number of aromatic carboxylic acids is 2. The lowest BCUT2D eigenvalue weighted by Gasteiger charge is -2.05. The van der Waals surface area contributed by atoms with E-state index in [4.69, 9.17) is 10.2 Å². The third kappa shape index (κ3) is 4.99.